The van der Waals surface area contributed by atoms with Crippen molar-refractivity contribution >= 4 is 27.5 Å². The average molecular weight is 249 g/mol. The van der Waals surface area contributed by atoms with Gasteiger partial charge in [-0.1, -0.05) is 32.4 Å². The molecule has 0 N–H and O–H groups in total. The lowest BCUT2D eigenvalue weighted by Gasteiger charge is -2.19. The zero-order chi connectivity index (χ0) is 9.35. The number of halogens is 2. The molecule has 0 atom stereocenters. The molecular formula is C9H11BrClN. The predicted molar refractivity (Wildman–Crippen MR) is 55.6 cm³/mol. The molecule has 0 unspecified atom stereocenters. The van der Waals surface area contributed by atoms with Gasteiger partial charge in [-0.25, -0.2) is 4.98 Å². The second-order valence-corrected chi connectivity index (χ2v) is 4.96. The van der Waals surface area contributed by atoms with Crippen LogP contribution >= 0.6 is 27.5 Å². The summed E-state index contributed by atoms with van der Waals surface area (Å²) in [6, 6.07) is 3.71. The number of hydrogen-bond donors (Lipinski definition) is 0. The van der Waals surface area contributed by atoms with Gasteiger partial charge in [0.05, 0.1) is 5.69 Å². The zero-order valence-corrected chi connectivity index (χ0v) is 9.70. The van der Waals surface area contributed by atoms with Gasteiger partial charge in [-0.2, -0.15) is 0 Å². The van der Waals surface area contributed by atoms with Gasteiger partial charge in [0.2, 0.25) is 0 Å². The molecule has 1 heterocycles. The Morgan fingerprint density at radius 2 is 1.92 bits per heavy atom. The summed E-state index contributed by atoms with van der Waals surface area (Å²) in [7, 11) is 0. The number of nitrogens with zero attached hydrogens (tertiary/aromatic N) is 1. The van der Waals surface area contributed by atoms with Crippen molar-refractivity contribution in [2.75, 3.05) is 0 Å². The first-order valence-electron chi connectivity index (χ1n) is 3.74. The second kappa shape index (κ2) is 3.35. The van der Waals surface area contributed by atoms with Crippen molar-refractivity contribution in [3.05, 3.63) is 27.5 Å². The van der Waals surface area contributed by atoms with Gasteiger partial charge in [0.1, 0.15) is 5.15 Å². The Bertz CT molecular complexity index is 291. The minimum Gasteiger partial charge on any atom is -0.239 e. The summed E-state index contributed by atoms with van der Waals surface area (Å²) < 4.78 is 1.01. The lowest BCUT2D eigenvalue weighted by Crippen LogP contribution is -2.14. The molecule has 0 aliphatic heterocycles. The highest BCUT2D eigenvalue weighted by Gasteiger charge is 2.18. The van der Waals surface area contributed by atoms with Crippen LogP contribution in [0.3, 0.4) is 0 Å². The molecule has 0 radical (unpaired) electrons. The number of hydrogen-bond acceptors (Lipinski definition) is 1. The van der Waals surface area contributed by atoms with Crippen LogP contribution in [0.4, 0.5) is 0 Å². The summed E-state index contributed by atoms with van der Waals surface area (Å²) in [5.41, 5.74) is 1.03. The lowest BCUT2D eigenvalue weighted by atomic mass is 9.92. The number of aromatic nitrogens is 1. The number of rotatable bonds is 0. The van der Waals surface area contributed by atoms with E-state index in [1.165, 1.54) is 0 Å². The third-order valence-electron chi connectivity index (χ3n) is 1.52. The second-order valence-electron chi connectivity index (χ2n) is 3.71. The highest BCUT2D eigenvalue weighted by molar-refractivity contribution is 9.10. The first kappa shape index (κ1) is 10.0. The van der Waals surface area contributed by atoms with Gasteiger partial charge in [-0.15, -0.1) is 0 Å². The van der Waals surface area contributed by atoms with E-state index in [0.29, 0.717) is 5.15 Å². The van der Waals surface area contributed by atoms with Crippen molar-refractivity contribution < 1.29 is 0 Å². The molecule has 1 nitrogen and oxygen atoms in total. The Morgan fingerprint density at radius 1 is 1.33 bits per heavy atom. The Hall–Kier alpha value is -0.0800. The van der Waals surface area contributed by atoms with Gasteiger partial charge in [-0.05, 0) is 28.1 Å². The quantitative estimate of drug-likeness (QED) is 0.637. The van der Waals surface area contributed by atoms with E-state index in [0.717, 1.165) is 10.2 Å². The molecule has 0 bridgehead atoms. The Balaban J connectivity index is 3.23. The average Bonchev–Trinajstić information content (AvgIpc) is 1.92. The highest BCUT2D eigenvalue weighted by Crippen LogP contribution is 2.28. The van der Waals surface area contributed by atoms with Crippen LogP contribution in [0.2, 0.25) is 5.15 Å². The largest absolute Gasteiger partial charge is 0.239 e. The van der Waals surface area contributed by atoms with Crippen molar-refractivity contribution in [3.63, 3.8) is 0 Å². The molecule has 0 aliphatic carbocycles. The highest BCUT2D eigenvalue weighted by atomic mass is 79.9. The zero-order valence-electron chi connectivity index (χ0n) is 7.36. The molecule has 1 rings (SSSR count). The molecule has 1 aromatic rings. The summed E-state index contributed by atoms with van der Waals surface area (Å²) >= 11 is 9.24. The smallest absolute Gasteiger partial charge is 0.129 e. The summed E-state index contributed by atoms with van der Waals surface area (Å²) in [5.74, 6) is 0. The van der Waals surface area contributed by atoms with E-state index in [1.807, 2.05) is 6.07 Å². The fourth-order valence-corrected chi connectivity index (χ4v) is 1.91. The van der Waals surface area contributed by atoms with Crippen LogP contribution in [0, 0.1) is 0 Å². The van der Waals surface area contributed by atoms with E-state index in [2.05, 4.69) is 41.7 Å². The maximum Gasteiger partial charge on any atom is 0.129 e. The van der Waals surface area contributed by atoms with Crippen molar-refractivity contribution in [3.8, 4) is 0 Å². The summed E-state index contributed by atoms with van der Waals surface area (Å²) in [4.78, 5) is 4.26. The minimum absolute atomic E-state index is 0.0315. The van der Waals surface area contributed by atoms with Crippen LogP contribution in [0.15, 0.2) is 16.6 Å². The van der Waals surface area contributed by atoms with Crippen LogP contribution < -0.4 is 0 Å². The SMILES string of the molecule is CC(C)(C)c1nc(Cl)ccc1Br. The van der Waals surface area contributed by atoms with Gasteiger partial charge >= 0.3 is 0 Å². The van der Waals surface area contributed by atoms with E-state index in [9.17, 15) is 0 Å². The molecule has 3 heteroatoms. The number of pyridine rings is 1. The third kappa shape index (κ3) is 2.20. The van der Waals surface area contributed by atoms with Gasteiger partial charge in [0.15, 0.2) is 0 Å². The molecule has 0 fully saturated rings. The molecule has 0 saturated heterocycles. The molecule has 12 heavy (non-hydrogen) atoms. The van der Waals surface area contributed by atoms with Crippen molar-refractivity contribution in [2.24, 2.45) is 0 Å². The predicted octanol–water partition coefficient (Wildman–Crippen LogP) is 3.80. The normalized spacial score (nSPS) is 11.8. The molecule has 0 aliphatic rings. The molecule has 0 aromatic carbocycles. The van der Waals surface area contributed by atoms with Crippen molar-refractivity contribution in [1.29, 1.82) is 0 Å². The maximum atomic E-state index is 5.79. The Morgan fingerprint density at radius 3 is 2.33 bits per heavy atom. The van der Waals surface area contributed by atoms with E-state index in [1.54, 1.807) is 6.07 Å². The Labute approximate surface area is 86.3 Å². The van der Waals surface area contributed by atoms with E-state index < -0.39 is 0 Å². The van der Waals surface area contributed by atoms with Gasteiger partial charge in [0.25, 0.3) is 0 Å². The molecule has 0 spiro atoms. The van der Waals surface area contributed by atoms with Crippen molar-refractivity contribution in [1.82, 2.24) is 4.98 Å². The van der Waals surface area contributed by atoms with Crippen LogP contribution in [-0.2, 0) is 5.41 Å². The van der Waals surface area contributed by atoms with Crippen LogP contribution in [0.5, 0.6) is 0 Å². The topological polar surface area (TPSA) is 12.9 Å². The lowest BCUT2D eigenvalue weighted by molar-refractivity contribution is 0.565. The molecule has 0 saturated carbocycles. The van der Waals surface area contributed by atoms with Crippen molar-refractivity contribution in [2.45, 2.75) is 26.2 Å². The first-order valence-corrected chi connectivity index (χ1v) is 4.91. The molecular weight excluding hydrogens is 237 g/mol. The van der Waals surface area contributed by atoms with E-state index in [-0.39, 0.29) is 5.41 Å². The van der Waals surface area contributed by atoms with E-state index in [4.69, 9.17) is 11.6 Å². The Kier molecular flexibility index (Phi) is 2.79. The molecule has 66 valence electrons. The van der Waals surface area contributed by atoms with Gasteiger partial charge < -0.3 is 0 Å². The van der Waals surface area contributed by atoms with Crippen LogP contribution in [0.1, 0.15) is 26.5 Å². The van der Waals surface area contributed by atoms with E-state index >= 15 is 0 Å². The fourth-order valence-electron chi connectivity index (χ4n) is 0.944. The maximum absolute atomic E-state index is 5.79. The molecule has 1 aromatic heterocycles. The monoisotopic (exact) mass is 247 g/mol. The third-order valence-corrected chi connectivity index (χ3v) is 2.37. The first-order chi connectivity index (χ1) is 5.41. The van der Waals surface area contributed by atoms with Crippen LogP contribution in [0.25, 0.3) is 0 Å². The van der Waals surface area contributed by atoms with Crippen LogP contribution in [-0.4, -0.2) is 4.98 Å². The molecule has 0 amide bonds. The fraction of sp³-hybridized carbons (Fsp3) is 0.444. The summed E-state index contributed by atoms with van der Waals surface area (Å²) in [6.07, 6.45) is 0. The van der Waals surface area contributed by atoms with Gasteiger partial charge in [0, 0.05) is 9.89 Å². The van der Waals surface area contributed by atoms with Gasteiger partial charge in [-0.3, -0.25) is 0 Å². The standard InChI is InChI=1S/C9H11BrClN/c1-9(2,3)8-6(10)4-5-7(11)12-8/h4-5H,1-3H3. The minimum atomic E-state index is 0.0315. The summed E-state index contributed by atoms with van der Waals surface area (Å²) in [5, 5.41) is 0.545. The summed E-state index contributed by atoms with van der Waals surface area (Å²) in [6.45, 7) is 6.32.